The quantitative estimate of drug-likeness (QED) is 0.391. The van der Waals surface area contributed by atoms with Gasteiger partial charge in [-0.25, -0.2) is 8.42 Å². The highest BCUT2D eigenvalue weighted by Gasteiger charge is 2.05. The van der Waals surface area contributed by atoms with Crippen molar-refractivity contribution in [2.24, 2.45) is 0 Å². The molecule has 0 aromatic heterocycles. The van der Waals surface area contributed by atoms with Crippen LogP contribution in [-0.2, 0) is 10.1 Å². The lowest BCUT2D eigenvalue weighted by Gasteiger charge is -2.09. The van der Waals surface area contributed by atoms with Crippen LogP contribution in [0.5, 0.6) is 0 Å². The van der Waals surface area contributed by atoms with Crippen LogP contribution in [0.1, 0.15) is 39.5 Å². The average Bonchev–Trinajstić information content (AvgIpc) is 2.41. The Balaban J connectivity index is 0.000000400. The number of hydrogen-bond donors (Lipinski definition) is 3. The molecule has 0 amide bonds. The van der Waals surface area contributed by atoms with Crippen LogP contribution in [0.4, 0.5) is 11.4 Å². The third-order valence-electron chi connectivity index (χ3n) is 2.83. The van der Waals surface area contributed by atoms with Gasteiger partial charge in [-0.3, -0.25) is 0 Å². The van der Waals surface area contributed by atoms with Gasteiger partial charge in [0.25, 0.3) is 0 Å². The Morgan fingerprint density at radius 3 is 2.00 bits per heavy atom. The van der Waals surface area contributed by atoms with Gasteiger partial charge in [-0.1, -0.05) is 26.7 Å². The van der Waals surface area contributed by atoms with Gasteiger partial charge in [-0.2, -0.15) is 0 Å². The van der Waals surface area contributed by atoms with Crippen molar-refractivity contribution in [2.45, 2.75) is 44.4 Å². The Labute approximate surface area is 127 Å². The van der Waals surface area contributed by atoms with Crippen molar-refractivity contribution >= 4 is 21.5 Å². The second-order valence-corrected chi connectivity index (χ2v) is 6.17. The normalized spacial score (nSPS) is 10.8. The molecule has 0 heterocycles. The second-order valence-electron chi connectivity index (χ2n) is 4.82. The van der Waals surface area contributed by atoms with Crippen LogP contribution >= 0.6 is 0 Å². The van der Waals surface area contributed by atoms with E-state index in [1.54, 1.807) is 0 Å². The molecule has 0 spiro atoms. The molecular formula is C14H27N3O3S. The fourth-order valence-corrected chi connectivity index (χ4v) is 2.25. The largest absolute Gasteiger partial charge is 0.744 e. The minimum Gasteiger partial charge on any atom is -0.744 e. The molecule has 6 N–H and O–H groups in total. The third kappa shape index (κ3) is 9.28. The highest BCUT2D eigenvalue weighted by Crippen LogP contribution is 2.20. The maximum Gasteiger partial charge on any atom is 0.126 e. The van der Waals surface area contributed by atoms with Crippen molar-refractivity contribution in [1.29, 1.82) is 0 Å². The minimum absolute atomic E-state index is 0.0841. The zero-order valence-corrected chi connectivity index (χ0v) is 13.7. The summed E-state index contributed by atoms with van der Waals surface area (Å²) in [6.45, 7) is 7.15. The molecule has 122 valence electrons. The van der Waals surface area contributed by atoms with Crippen molar-refractivity contribution < 1.29 is 18.3 Å². The van der Waals surface area contributed by atoms with Crippen LogP contribution < -0.4 is 16.8 Å². The summed E-state index contributed by atoms with van der Waals surface area (Å²) >= 11 is 0. The lowest BCUT2D eigenvalue weighted by molar-refractivity contribution is -0.655. The van der Waals surface area contributed by atoms with Crippen molar-refractivity contribution in [1.82, 2.24) is 0 Å². The van der Waals surface area contributed by atoms with Gasteiger partial charge in [0.1, 0.15) is 10.1 Å². The molecule has 1 aromatic carbocycles. The van der Waals surface area contributed by atoms with Crippen LogP contribution in [0.2, 0.25) is 0 Å². The number of quaternary nitrogens is 1. The Bertz CT molecular complexity index is 498. The monoisotopic (exact) mass is 317 g/mol. The first-order valence-electron chi connectivity index (χ1n) is 7.25. The summed E-state index contributed by atoms with van der Waals surface area (Å²) in [5.41, 5.74) is 10.6. The standard InChI is InChI=1S/C8H19N.C6H8N2O3S/c1-3-5-7-9-8-6-4-2;7-4-1-2-5(8)6(3-4)12(9,10)11/h9H,3-8H2,1-2H3;1-3H,7-8H2,(H,9,10,11). The molecule has 1 rings (SSSR count). The summed E-state index contributed by atoms with van der Waals surface area (Å²) < 4.78 is 31.5. The van der Waals surface area contributed by atoms with Gasteiger partial charge < -0.3 is 21.3 Å². The van der Waals surface area contributed by atoms with Crippen LogP contribution in [0.3, 0.4) is 0 Å². The Kier molecular flexibility index (Phi) is 9.77. The predicted octanol–water partition coefficient (Wildman–Crippen LogP) is 0.905. The molecule has 0 aliphatic rings. The van der Waals surface area contributed by atoms with E-state index in [1.165, 1.54) is 50.9 Å². The highest BCUT2D eigenvalue weighted by molar-refractivity contribution is 7.86. The van der Waals surface area contributed by atoms with Crippen molar-refractivity contribution in [3.05, 3.63) is 18.2 Å². The van der Waals surface area contributed by atoms with E-state index in [9.17, 15) is 13.0 Å². The zero-order chi connectivity index (χ0) is 16.3. The van der Waals surface area contributed by atoms with Crippen molar-refractivity contribution in [3.63, 3.8) is 0 Å². The van der Waals surface area contributed by atoms with Crippen LogP contribution in [0, 0.1) is 0 Å². The number of hydrogen-bond acceptors (Lipinski definition) is 5. The summed E-state index contributed by atoms with van der Waals surface area (Å²) in [5.74, 6) is 0. The first-order chi connectivity index (χ1) is 9.82. The van der Waals surface area contributed by atoms with E-state index >= 15 is 0 Å². The molecule has 0 radical (unpaired) electrons. The summed E-state index contributed by atoms with van der Waals surface area (Å²) in [4.78, 5) is -0.470. The molecule has 1 aromatic rings. The minimum atomic E-state index is -4.51. The fraction of sp³-hybridized carbons (Fsp3) is 0.571. The van der Waals surface area contributed by atoms with Gasteiger partial charge in [0.05, 0.1) is 18.0 Å². The number of nitrogen functional groups attached to an aromatic ring is 2. The van der Waals surface area contributed by atoms with Crippen LogP contribution in [0.15, 0.2) is 23.1 Å². The summed E-state index contributed by atoms with van der Waals surface area (Å²) in [6.07, 6.45) is 5.43. The fourth-order valence-electron chi connectivity index (χ4n) is 1.61. The highest BCUT2D eigenvalue weighted by atomic mass is 32.2. The summed E-state index contributed by atoms with van der Waals surface area (Å²) in [7, 11) is -4.51. The molecule has 0 aliphatic carbocycles. The third-order valence-corrected chi connectivity index (χ3v) is 3.72. The number of nitrogens with two attached hydrogens (primary N) is 3. The molecular weight excluding hydrogens is 290 g/mol. The topological polar surface area (TPSA) is 126 Å². The van der Waals surface area contributed by atoms with Gasteiger partial charge in [-0.05, 0) is 31.0 Å². The molecule has 0 aliphatic heterocycles. The number of rotatable bonds is 7. The van der Waals surface area contributed by atoms with Crippen molar-refractivity contribution in [3.8, 4) is 0 Å². The van der Waals surface area contributed by atoms with E-state index in [4.69, 9.17) is 11.5 Å². The molecule has 6 nitrogen and oxygen atoms in total. The molecule has 0 unspecified atom stereocenters. The molecule has 0 saturated heterocycles. The van der Waals surface area contributed by atoms with E-state index < -0.39 is 15.0 Å². The summed E-state index contributed by atoms with van der Waals surface area (Å²) in [5, 5.41) is 2.42. The van der Waals surface area contributed by atoms with Crippen LogP contribution in [0.25, 0.3) is 0 Å². The second kappa shape index (κ2) is 10.4. The SMILES string of the molecule is CCCC[NH2+]CCCC.Nc1ccc(N)c(S(=O)(=O)[O-])c1. The van der Waals surface area contributed by atoms with Gasteiger partial charge in [-0.15, -0.1) is 0 Å². The Hall–Kier alpha value is -1.31. The number of anilines is 2. The van der Waals surface area contributed by atoms with Gasteiger partial charge in [0.15, 0.2) is 0 Å². The first-order valence-corrected chi connectivity index (χ1v) is 8.66. The van der Waals surface area contributed by atoms with E-state index in [0.29, 0.717) is 0 Å². The Morgan fingerprint density at radius 1 is 1.10 bits per heavy atom. The maximum absolute atomic E-state index is 10.5. The van der Waals surface area contributed by atoms with E-state index in [1.807, 2.05) is 0 Å². The maximum atomic E-state index is 10.5. The van der Waals surface area contributed by atoms with Gasteiger partial charge >= 0.3 is 0 Å². The molecule has 0 bridgehead atoms. The van der Waals surface area contributed by atoms with Gasteiger partial charge in [0, 0.05) is 11.4 Å². The Morgan fingerprint density at radius 2 is 1.62 bits per heavy atom. The predicted molar refractivity (Wildman–Crippen MR) is 84.7 cm³/mol. The molecule has 0 atom stereocenters. The average molecular weight is 317 g/mol. The molecule has 0 saturated carbocycles. The van der Waals surface area contributed by atoms with Gasteiger partial charge in [0.2, 0.25) is 0 Å². The summed E-state index contributed by atoms with van der Waals surface area (Å²) in [6, 6.07) is 3.74. The van der Waals surface area contributed by atoms with E-state index in [0.717, 1.165) is 6.07 Å². The molecule has 7 heteroatoms. The number of benzene rings is 1. The van der Waals surface area contributed by atoms with E-state index in [-0.39, 0.29) is 11.4 Å². The number of unbranched alkanes of at least 4 members (excludes halogenated alkanes) is 2. The lowest BCUT2D eigenvalue weighted by Crippen LogP contribution is -2.84. The van der Waals surface area contributed by atoms with Crippen molar-refractivity contribution in [2.75, 3.05) is 24.6 Å². The molecule has 21 heavy (non-hydrogen) atoms. The zero-order valence-electron chi connectivity index (χ0n) is 12.8. The smallest absolute Gasteiger partial charge is 0.126 e. The van der Waals surface area contributed by atoms with E-state index in [2.05, 4.69) is 19.2 Å². The lowest BCUT2D eigenvalue weighted by atomic mass is 10.3. The molecule has 0 fully saturated rings. The first kappa shape index (κ1) is 19.7. The van der Waals surface area contributed by atoms with Crippen LogP contribution in [-0.4, -0.2) is 26.1 Å².